The second-order valence-electron chi connectivity index (χ2n) is 4.27. The second kappa shape index (κ2) is 5.83. The fraction of sp³-hybridized carbons (Fsp3) is 0.143. The predicted molar refractivity (Wildman–Crippen MR) is 76.4 cm³/mol. The van der Waals surface area contributed by atoms with Gasteiger partial charge in [0.15, 0.2) is 5.75 Å². The van der Waals surface area contributed by atoms with Crippen molar-refractivity contribution in [3.63, 3.8) is 0 Å². The fourth-order valence-electron chi connectivity index (χ4n) is 1.58. The number of halogens is 1. The Labute approximate surface area is 122 Å². The molecule has 0 heterocycles. The zero-order chi connectivity index (χ0) is 14.8. The second-order valence-corrected chi connectivity index (χ2v) is 6.23. The molecule has 0 bridgehead atoms. The molecular weight excluding hydrogens is 300 g/mol. The van der Waals surface area contributed by atoms with Crippen LogP contribution in [0.25, 0.3) is 0 Å². The van der Waals surface area contributed by atoms with Gasteiger partial charge in [0.25, 0.3) is 0 Å². The van der Waals surface area contributed by atoms with Crippen molar-refractivity contribution < 1.29 is 17.7 Å². The molecule has 0 aliphatic rings. The number of hydrogen-bond acceptors (Lipinski definition) is 4. The van der Waals surface area contributed by atoms with Crippen molar-refractivity contribution >= 4 is 21.7 Å². The summed E-state index contributed by atoms with van der Waals surface area (Å²) in [7, 11) is -3.92. The van der Waals surface area contributed by atoms with E-state index in [0.717, 1.165) is 5.56 Å². The molecule has 106 valence electrons. The van der Waals surface area contributed by atoms with E-state index < -0.39 is 10.1 Å². The monoisotopic (exact) mass is 312 g/mol. The number of hydrogen-bond donors (Lipinski definition) is 1. The molecule has 0 saturated heterocycles. The van der Waals surface area contributed by atoms with E-state index in [1.807, 2.05) is 6.92 Å². The summed E-state index contributed by atoms with van der Waals surface area (Å²) in [6, 6.07) is 10.7. The van der Waals surface area contributed by atoms with Crippen LogP contribution < -0.4 is 4.18 Å². The van der Waals surface area contributed by atoms with Crippen LogP contribution in [0.15, 0.2) is 47.4 Å². The molecule has 0 saturated carbocycles. The Kier molecular flexibility index (Phi) is 4.32. The highest BCUT2D eigenvalue weighted by Gasteiger charge is 2.18. The Morgan fingerprint density at radius 1 is 1.15 bits per heavy atom. The molecule has 0 atom stereocenters. The molecule has 0 aromatic heterocycles. The van der Waals surface area contributed by atoms with Crippen LogP contribution in [0.5, 0.6) is 5.75 Å². The van der Waals surface area contributed by atoms with Gasteiger partial charge in [0.1, 0.15) is 4.90 Å². The van der Waals surface area contributed by atoms with Crippen LogP contribution in [-0.4, -0.2) is 13.5 Å². The van der Waals surface area contributed by atoms with Crippen LogP contribution in [0.4, 0.5) is 0 Å². The van der Waals surface area contributed by atoms with E-state index in [1.165, 1.54) is 24.3 Å². The van der Waals surface area contributed by atoms with Crippen molar-refractivity contribution in [3.8, 4) is 5.75 Å². The highest BCUT2D eigenvalue weighted by molar-refractivity contribution is 7.87. The Balaban J connectivity index is 2.31. The van der Waals surface area contributed by atoms with E-state index >= 15 is 0 Å². The van der Waals surface area contributed by atoms with Crippen LogP contribution in [-0.2, 0) is 16.7 Å². The Hall–Kier alpha value is -1.56. The molecular formula is C14H13ClO4S. The Morgan fingerprint density at radius 3 is 2.35 bits per heavy atom. The molecule has 6 heteroatoms. The lowest BCUT2D eigenvalue weighted by Crippen LogP contribution is -2.10. The van der Waals surface area contributed by atoms with E-state index in [4.69, 9.17) is 20.9 Å². The first-order chi connectivity index (χ1) is 9.42. The molecule has 2 aromatic rings. The maximum atomic E-state index is 12.1. The lowest BCUT2D eigenvalue weighted by Gasteiger charge is -2.09. The molecule has 20 heavy (non-hydrogen) atoms. The molecule has 2 aromatic carbocycles. The van der Waals surface area contributed by atoms with Gasteiger partial charge >= 0.3 is 10.1 Å². The van der Waals surface area contributed by atoms with Gasteiger partial charge in [-0.05, 0) is 36.8 Å². The van der Waals surface area contributed by atoms with Gasteiger partial charge in [0, 0.05) is 0 Å². The maximum absolute atomic E-state index is 12.1. The Morgan fingerprint density at radius 2 is 1.80 bits per heavy atom. The molecule has 0 aliphatic heterocycles. The van der Waals surface area contributed by atoms with E-state index in [-0.39, 0.29) is 22.3 Å². The van der Waals surface area contributed by atoms with Gasteiger partial charge in [-0.1, -0.05) is 35.4 Å². The maximum Gasteiger partial charge on any atom is 0.339 e. The summed E-state index contributed by atoms with van der Waals surface area (Å²) in [5.41, 5.74) is 1.53. The van der Waals surface area contributed by atoms with Crippen LogP contribution in [0.3, 0.4) is 0 Å². The van der Waals surface area contributed by atoms with Crippen LogP contribution in [0, 0.1) is 6.92 Å². The van der Waals surface area contributed by atoms with E-state index in [9.17, 15) is 8.42 Å². The summed E-state index contributed by atoms with van der Waals surface area (Å²) in [6.07, 6.45) is 0. The minimum atomic E-state index is -3.92. The first-order valence-corrected chi connectivity index (χ1v) is 7.61. The quantitative estimate of drug-likeness (QED) is 0.882. The summed E-state index contributed by atoms with van der Waals surface area (Å²) in [6.45, 7) is 1.69. The number of rotatable bonds is 4. The number of aryl methyl sites for hydroxylation is 1. The van der Waals surface area contributed by atoms with Gasteiger partial charge in [0.2, 0.25) is 0 Å². The largest absolute Gasteiger partial charge is 0.392 e. The topological polar surface area (TPSA) is 63.6 Å². The minimum Gasteiger partial charge on any atom is -0.392 e. The molecule has 0 unspecified atom stereocenters. The zero-order valence-corrected chi connectivity index (χ0v) is 12.3. The normalized spacial score (nSPS) is 11.3. The third-order valence-electron chi connectivity index (χ3n) is 2.69. The highest BCUT2D eigenvalue weighted by atomic mass is 35.5. The van der Waals surface area contributed by atoms with Gasteiger partial charge in [-0.15, -0.1) is 0 Å². The van der Waals surface area contributed by atoms with Gasteiger partial charge in [0.05, 0.1) is 11.6 Å². The molecule has 0 aliphatic carbocycles. The standard InChI is InChI=1S/C14H13ClO4S/c1-10-2-5-12(6-3-10)20(17,18)19-14-7-4-11(9-16)8-13(14)15/h2-8,16H,9H2,1H3. The predicted octanol–water partition coefficient (Wildman–Crippen LogP) is 2.91. The number of aliphatic hydroxyl groups excluding tert-OH is 1. The molecule has 0 amide bonds. The lowest BCUT2D eigenvalue weighted by molar-refractivity contribution is 0.282. The van der Waals surface area contributed by atoms with Crippen molar-refractivity contribution in [2.75, 3.05) is 0 Å². The molecule has 4 nitrogen and oxygen atoms in total. The molecule has 2 rings (SSSR count). The van der Waals surface area contributed by atoms with Crippen molar-refractivity contribution in [2.24, 2.45) is 0 Å². The van der Waals surface area contributed by atoms with E-state index in [2.05, 4.69) is 0 Å². The van der Waals surface area contributed by atoms with Crippen LogP contribution in [0.2, 0.25) is 5.02 Å². The van der Waals surface area contributed by atoms with Crippen LogP contribution >= 0.6 is 11.6 Å². The molecule has 0 radical (unpaired) electrons. The van der Waals surface area contributed by atoms with Crippen molar-refractivity contribution in [3.05, 3.63) is 58.6 Å². The van der Waals surface area contributed by atoms with Gasteiger partial charge in [-0.3, -0.25) is 0 Å². The smallest absolute Gasteiger partial charge is 0.339 e. The van der Waals surface area contributed by atoms with Gasteiger partial charge in [-0.25, -0.2) is 0 Å². The molecule has 1 N–H and O–H groups in total. The average Bonchev–Trinajstić information content (AvgIpc) is 2.41. The number of aliphatic hydroxyl groups is 1. The number of benzene rings is 2. The summed E-state index contributed by atoms with van der Waals surface area (Å²) < 4.78 is 29.2. The van der Waals surface area contributed by atoms with Gasteiger partial charge in [-0.2, -0.15) is 8.42 Å². The van der Waals surface area contributed by atoms with E-state index in [1.54, 1.807) is 18.2 Å². The van der Waals surface area contributed by atoms with E-state index in [0.29, 0.717) is 5.56 Å². The summed E-state index contributed by atoms with van der Waals surface area (Å²) in [4.78, 5) is 0.0606. The third-order valence-corrected chi connectivity index (χ3v) is 4.23. The summed E-state index contributed by atoms with van der Waals surface area (Å²) in [5.74, 6) is 0.0319. The Bertz CT molecular complexity index is 708. The SMILES string of the molecule is Cc1ccc(S(=O)(=O)Oc2ccc(CO)cc2Cl)cc1. The molecule has 0 spiro atoms. The summed E-state index contributed by atoms with van der Waals surface area (Å²) >= 11 is 5.93. The average molecular weight is 313 g/mol. The molecule has 0 fully saturated rings. The van der Waals surface area contributed by atoms with Crippen molar-refractivity contribution in [1.82, 2.24) is 0 Å². The fourth-order valence-corrected chi connectivity index (χ4v) is 2.82. The highest BCUT2D eigenvalue weighted by Crippen LogP contribution is 2.28. The van der Waals surface area contributed by atoms with Crippen molar-refractivity contribution in [2.45, 2.75) is 18.4 Å². The minimum absolute atomic E-state index is 0.0319. The first-order valence-electron chi connectivity index (χ1n) is 5.83. The van der Waals surface area contributed by atoms with Gasteiger partial charge < -0.3 is 9.29 Å². The summed E-state index contributed by atoms with van der Waals surface area (Å²) in [5, 5.41) is 9.10. The third kappa shape index (κ3) is 3.30. The van der Waals surface area contributed by atoms with Crippen molar-refractivity contribution in [1.29, 1.82) is 0 Å². The van der Waals surface area contributed by atoms with Crippen LogP contribution in [0.1, 0.15) is 11.1 Å². The zero-order valence-electron chi connectivity index (χ0n) is 10.7. The first kappa shape index (κ1) is 14.8. The lowest BCUT2D eigenvalue weighted by atomic mass is 10.2.